The van der Waals surface area contributed by atoms with Gasteiger partial charge in [-0.25, -0.2) is 4.79 Å². The minimum atomic E-state index is -0.947. The first-order valence-corrected chi connectivity index (χ1v) is 9.58. The molecule has 1 aliphatic heterocycles. The quantitative estimate of drug-likeness (QED) is 0.775. The van der Waals surface area contributed by atoms with Gasteiger partial charge < -0.3 is 19.0 Å². The van der Waals surface area contributed by atoms with E-state index in [9.17, 15) is 19.5 Å². The van der Waals surface area contributed by atoms with Gasteiger partial charge in [0.25, 0.3) is 0 Å². The lowest BCUT2D eigenvalue weighted by atomic mass is 9.54. The molecule has 5 rings (SSSR count). The van der Waals surface area contributed by atoms with E-state index in [0.717, 1.165) is 5.57 Å². The summed E-state index contributed by atoms with van der Waals surface area (Å²) in [4.78, 5) is 38.6. The first-order valence-electron chi connectivity index (χ1n) is 9.58. The fourth-order valence-corrected chi connectivity index (χ4v) is 6.05. The third kappa shape index (κ3) is 1.80. The number of cyclic esters (lactones) is 1. The Balaban J connectivity index is 1.84. The maximum absolute atomic E-state index is 13.5. The molecular weight excluding hydrogens is 364 g/mol. The third-order valence-electron chi connectivity index (χ3n) is 7.52. The van der Waals surface area contributed by atoms with E-state index in [2.05, 4.69) is 0 Å². The van der Waals surface area contributed by atoms with Gasteiger partial charge in [-0.3, -0.25) is 9.59 Å². The molecular formula is C21H22O7. The Bertz CT molecular complexity index is 969. The van der Waals surface area contributed by atoms with E-state index in [1.165, 1.54) is 6.26 Å². The second kappa shape index (κ2) is 5.42. The zero-order valence-corrected chi connectivity index (χ0v) is 16.0. The molecule has 0 bridgehead atoms. The highest BCUT2D eigenvalue weighted by Gasteiger charge is 2.63. The molecule has 4 aliphatic rings. The Morgan fingerprint density at radius 2 is 2.04 bits per heavy atom. The Morgan fingerprint density at radius 1 is 1.29 bits per heavy atom. The molecule has 1 N–H and O–H groups in total. The molecule has 1 saturated carbocycles. The Kier molecular flexibility index (Phi) is 3.45. The summed E-state index contributed by atoms with van der Waals surface area (Å²) < 4.78 is 16.9. The molecule has 0 radical (unpaired) electrons. The molecule has 0 spiro atoms. The summed E-state index contributed by atoms with van der Waals surface area (Å²) in [6, 6.07) is 0. The number of hydrogen-bond acceptors (Lipinski definition) is 7. The molecule has 5 atom stereocenters. The van der Waals surface area contributed by atoms with E-state index in [0.29, 0.717) is 30.4 Å². The number of aliphatic hydroxyl groups excluding tert-OH is 1. The predicted molar refractivity (Wildman–Crippen MR) is 95.0 cm³/mol. The summed E-state index contributed by atoms with van der Waals surface area (Å²) in [5.74, 6) is -0.866. The van der Waals surface area contributed by atoms with Gasteiger partial charge in [-0.05, 0) is 25.3 Å². The molecule has 28 heavy (non-hydrogen) atoms. The second-order valence-electron chi connectivity index (χ2n) is 8.65. The van der Waals surface area contributed by atoms with Crippen LogP contribution < -0.4 is 0 Å². The van der Waals surface area contributed by atoms with Crippen LogP contribution in [0.15, 0.2) is 21.8 Å². The Labute approximate surface area is 161 Å². The molecule has 1 aromatic heterocycles. The van der Waals surface area contributed by atoms with Crippen molar-refractivity contribution in [3.8, 4) is 0 Å². The van der Waals surface area contributed by atoms with Crippen molar-refractivity contribution in [2.75, 3.05) is 13.7 Å². The van der Waals surface area contributed by atoms with Crippen molar-refractivity contribution in [3.63, 3.8) is 0 Å². The van der Waals surface area contributed by atoms with Crippen LogP contribution >= 0.6 is 0 Å². The first-order chi connectivity index (χ1) is 13.3. The average molecular weight is 386 g/mol. The summed E-state index contributed by atoms with van der Waals surface area (Å²) in [6.45, 7) is 3.38. The zero-order chi connectivity index (χ0) is 20.0. The van der Waals surface area contributed by atoms with Crippen LogP contribution in [-0.4, -0.2) is 48.6 Å². The summed E-state index contributed by atoms with van der Waals surface area (Å²) >= 11 is 0. The number of rotatable bonds is 2. The van der Waals surface area contributed by atoms with E-state index in [1.807, 2.05) is 13.8 Å². The van der Waals surface area contributed by atoms with Crippen LogP contribution in [0.4, 0.5) is 0 Å². The highest BCUT2D eigenvalue weighted by Crippen LogP contribution is 2.60. The summed E-state index contributed by atoms with van der Waals surface area (Å²) in [5.41, 5.74) is 0.336. The highest BCUT2D eigenvalue weighted by molar-refractivity contribution is 6.14. The lowest BCUT2D eigenvalue weighted by molar-refractivity contribution is -0.128. The fourth-order valence-electron chi connectivity index (χ4n) is 6.05. The van der Waals surface area contributed by atoms with Crippen molar-refractivity contribution in [1.29, 1.82) is 0 Å². The van der Waals surface area contributed by atoms with Crippen molar-refractivity contribution >= 4 is 17.5 Å². The number of methoxy groups -OCH3 is 1. The summed E-state index contributed by atoms with van der Waals surface area (Å²) in [6.07, 6.45) is 1.39. The molecule has 5 unspecified atom stereocenters. The third-order valence-corrected chi connectivity index (χ3v) is 7.52. The van der Waals surface area contributed by atoms with Crippen molar-refractivity contribution in [3.05, 3.63) is 34.3 Å². The molecule has 0 amide bonds. The van der Waals surface area contributed by atoms with Crippen LogP contribution in [0.2, 0.25) is 0 Å². The lowest BCUT2D eigenvalue weighted by Crippen LogP contribution is -2.57. The zero-order valence-electron chi connectivity index (χ0n) is 16.0. The number of esters is 1. The van der Waals surface area contributed by atoms with Gasteiger partial charge in [0.1, 0.15) is 23.7 Å². The van der Waals surface area contributed by atoms with Gasteiger partial charge in [0.2, 0.25) is 5.78 Å². The van der Waals surface area contributed by atoms with E-state index in [1.54, 1.807) is 7.11 Å². The van der Waals surface area contributed by atoms with Crippen LogP contribution in [0.25, 0.3) is 0 Å². The molecule has 1 aromatic rings. The molecule has 148 valence electrons. The van der Waals surface area contributed by atoms with E-state index >= 15 is 0 Å². The van der Waals surface area contributed by atoms with E-state index in [-0.39, 0.29) is 28.8 Å². The number of carbonyl (C=O) groups is 3. The number of allylic oxidation sites excluding steroid dienone is 1. The number of Topliss-reactive ketones (excluding diaryl/α,β-unsaturated/α-hetero) is 2. The largest absolute Gasteiger partial charge is 0.460 e. The predicted octanol–water partition coefficient (Wildman–Crippen LogP) is 1.97. The fraction of sp³-hybridized carbons (Fsp3) is 0.571. The number of furan rings is 1. The maximum atomic E-state index is 13.5. The number of carbonyl (C=O) groups excluding carboxylic acids is 3. The van der Waals surface area contributed by atoms with Crippen LogP contribution in [0.5, 0.6) is 0 Å². The summed E-state index contributed by atoms with van der Waals surface area (Å²) in [5, 5.41) is 10.0. The maximum Gasteiger partial charge on any atom is 0.342 e. The van der Waals surface area contributed by atoms with Crippen molar-refractivity contribution < 1.29 is 33.4 Å². The van der Waals surface area contributed by atoms with Gasteiger partial charge in [0.15, 0.2) is 5.76 Å². The van der Waals surface area contributed by atoms with E-state index in [4.69, 9.17) is 13.9 Å². The van der Waals surface area contributed by atoms with Crippen molar-refractivity contribution in [2.24, 2.45) is 11.3 Å². The second-order valence-corrected chi connectivity index (χ2v) is 8.65. The standard InChI is InChI=1S/C21H22O7/c1-20-6-11(26-3)16-14(10(20)4-5-12(20)23)17(24)18-15-9(8-27-18)19(25)28-13(7-22)21(15,16)2/h8,10-11,13,22H,4-7H2,1-3H3. The topological polar surface area (TPSA) is 103 Å². The monoisotopic (exact) mass is 386 g/mol. The van der Waals surface area contributed by atoms with Gasteiger partial charge in [-0.2, -0.15) is 0 Å². The van der Waals surface area contributed by atoms with Gasteiger partial charge in [-0.15, -0.1) is 0 Å². The smallest absolute Gasteiger partial charge is 0.342 e. The molecule has 0 saturated heterocycles. The van der Waals surface area contributed by atoms with Crippen LogP contribution in [-0.2, 0) is 19.7 Å². The van der Waals surface area contributed by atoms with Gasteiger partial charge in [0.05, 0.1) is 18.1 Å². The molecule has 7 nitrogen and oxygen atoms in total. The summed E-state index contributed by atoms with van der Waals surface area (Å²) in [7, 11) is 1.56. The SMILES string of the molecule is COC1CC2(C)C(=O)CCC2C2=C1C1(C)c3c(coc3C2=O)C(=O)OC1CO. The van der Waals surface area contributed by atoms with Crippen LogP contribution in [0.3, 0.4) is 0 Å². The van der Waals surface area contributed by atoms with Crippen molar-refractivity contribution in [1.82, 2.24) is 0 Å². The van der Waals surface area contributed by atoms with Crippen LogP contribution in [0, 0.1) is 11.3 Å². The number of hydrogen-bond donors (Lipinski definition) is 1. The lowest BCUT2D eigenvalue weighted by Gasteiger charge is -2.51. The number of ether oxygens (including phenoxy) is 2. The average Bonchev–Trinajstić information content (AvgIpc) is 3.25. The first kappa shape index (κ1) is 17.8. The van der Waals surface area contributed by atoms with Gasteiger partial charge in [-0.1, -0.05) is 6.92 Å². The highest BCUT2D eigenvalue weighted by atomic mass is 16.6. The minimum Gasteiger partial charge on any atom is -0.460 e. The molecule has 1 fully saturated rings. The number of fused-ring (bicyclic) bond motifs is 3. The van der Waals surface area contributed by atoms with E-state index < -0.39 is 35.6 Å². The number of ketones is 2. The Hall–Kier alpha value is -2.25. The van der Waals surface area contributed by atoms with Crippen molar-refractivity contribution in [2.45, 2.75) is 50.7 Å². The molecule has 3 aliphatic carbocycles. The van der Waals surface area contributed by atoms with Crippen LogP contribution in [0.1, 0.15) is 59.6 Å². The molecule has 0 aromatic carbocycles. The van der Waals surface area contributed by atoms with Gasteiger partial charge >= 0.3 is 5.97 Å². The molecule has 7 heteroatoms. The minimum absolute atomic E-state index is 0.116. The Morgan fingerprint density at radius 3 is 2.71 bits per heavy atom. The van der Waals surface area contributed by atoms with Gasteiger partial charge in [0, 0.05) is 36.0 Å². The normalized spacial score (nSPS) is 38.9. The molecule has 2 heterocycles. The number of aliphatic hydroxyl groups is 1.